The minimum Gasteiger partial charge on any atom is -0.348 e. The standard InChI is InChI=1S/C13H13BrFN3O/c1-8-9(7-18(2)17-8)6-16-13(19)11-4-3-10(15)5-12(11)14/h3-5,7H,6H2,1-2H3,(H,16,19). The topological polar surface area (TPSA) is 46.9 Å². The SMILES string of the molecule is Cc1nn(C)cc1CNC(=O)c1ccc(F)cc1Br. The molecule has 0 bridgehead atoms. The first-order valence-corrected chi connectivity index (χ1v) is 6.49. The molecule has 1 aromatic heterocycles. The number of nitrogens with zero attached hydrogens (tertiary/aromatic N) is 2. The quantitative estimate of drug-likeness (QED) is 0.942. The lowest BCUT2D eigenvalue weighted by atomic mass is 10.2. The Morgan fingerprint density at radius 1 is 1.53 bits per heavy atom. The largest absolute Gasteiger partial charge is 0.348 e. The summed E-state index contributed by atoms with van der Waals surface area (Å²) in [4.78, 5) is 12.0. The van der Waals surface area contributed by atoms with Crippen LogP contribution in [0.2, 0.25) is 0 Å². The van der Waals surface area contributed by atoms with E-state index in [1.165, 1.54) is 18.2 Å². The Bertz CT molecular complexity index is 624. The first kappa shape index (κ1) is 13.7. The highest BCUT2D eigenvalue weighted by atomic mass is 79.9. The number of carbonyl (C=O) groups is 1. The smallest absolute Gasteiger partial charge is 0.252 e. The second-order valence-corrected chi connectivity index (χ2v) is 5.07. The molecule has 1 aromatic carbocycles. The van der Waals surface area contributed by atoms with Gasteiger partial charge in [0.1, 0.15) is 5.82 Å². The van der Waals surface area contributed by atoms with Crippen LogP contribution in [0.15, 0.2) is 28.9 Å². The van der Waals surface area contributed by atoms with Crippen molar-refractivity contribution in [2.45, 2.75) is 13.5 Å². The van der Waals surface area contributed by atoms with Crippen molar-refractivity contribution < 1.29 is 9.18 Å². The number of amides is 1. The zero-order valence-corrected chi connectivity index (χ0v) is 12.2. The fourth-order valence-corrected chi connectivity index (χ4v) is 2.30. The summed E-state index contributed by atoms with van der Waals surface area (Å²) in [5, 5.41) is 6.98. The van der Waals surface area contributed by atoms with Crippen LogP contribution in [0.4, 0.5) is 4.39 Å². The van der Waals surface area contributed by atoms with Crippen molar-refractivity contribution in [3.8, 4) is 0 Å². The van der Waals surface area contributed by atoms with Gasteiger partial charge in [-0.2, -0.15) is 5.10 Å². The van der Waals surface area contributed by atoms with Crippen LogP contribution in [-0.2, 0) is 13.6 Å². The molecular weight excluding hydrogens is 313 g/mol. The van der Waals surface area contributed by atoms with E-state index < -0.39 is 0 Å². The molecule has 0 saturated carbocycles. The summed E-state index contributed by atoms with van der Waals surface area (Å²) in [6, 6.07) is 3.98. The van der Waals surface area contributed by atoms with Gasteiger partial charge in [-0.15, -0.1) is 0 Å². The molecule has 2 aromatic rings. The molecule has 0 spiro atoms. The van der Waals surface area contributed by atoms with Gasteiger partial charge in [-0.25, -0.2) is 4.39 Å². The van der Waals surface area contributed by atoms with E-state index in [-0.39, 0.29) is 11.7 Å². The minimum atomic E-state index is -0.383. The maximum Gasteiger partial charge on any atom is 0.252 e. The molecule has 0 fully saturated rings. The Kier molecular flexibility index (Phi) is 3.99. The Hall–Kier alpha value is -1.69. The fraction of sp³-hybridized carbons (Fsp3) is 0.231. The Morgan fingerprint density at radius 3 is 2.84 bits per heavy atom. The number of carbonyl (C=O) groups excluding carboxylic acids is 1. The predicted octanol–water partition coefficient (Wildman–Crippen LogP) is 2.56. The molecule has 0 unspecified atom stereocenters. The van der Waals surface area contributed by atoms with E-state index in [9.17, 15) is 9.18 Å². The van der Waals surface area contributed by atoms with E-state index in [1.807, 2.05) is 20.2 Å². The average Bonchev–Trinajstić information content (AvgIpc) is 2.65. The van der Waals surface area contributed by atoms with E-state index in [0.717, 1.165) is 11.3 Å². The number of hydrogen-bond donors (Lipinski definition) is 1. The van der Waals surface area contributed by atoms with Crippen LogP contribution >= 0.6 is 15.9 Å². The van der Waals surface area contributed by atoms with Crippen molar-refractivity contribution in [2.24, 2.45) is 7.05 Å². The summed E-state index contributed by atoms with van der Waals surface area (Å²) < 4.78 is 15.1. The van der Waals surface area contributed by atoms with Crippen molar-refractivity contribution in [2.75, 3.05) is 0 Å². The van der Waals surface area contributed by atoms with Gasteiger partial charge >= 0.3 is 0 Å². The number of hydrogen-bond acceptors (Lipinski definition) is 2. The van der Waals surface area contributed by atoms with E-state index >= 15 is 0 Å². The third-order valence-corrected chi connectivity index (χ3v) is 3.39. The molecule has 100 valence electrons. The van der Waals surface area contributed by atoms with Crippen molar-refractivity contribution in [1.82, 2.24) is 15.1 Å². The molecule has 19 heavy (non-hydrogen) atoms. The van der Waals surface area contributed by atoms with Crippen LogP contribution in [0.5, 0.6) is 0 Å². The van der Waals surface area contributed by atoms with Crippen LogP contribution in [-0.4, -0.2) is 15.7 Å². The third-order valence-electron chi connectivity index (χ3n) is 2.73. The van der Waals surface area contributed by atoms with Crippen LogP contribution in [0.3, 0.4) is 0 Å². The Morgan fingerprint density at radius 2 is 2.26 bits per heavy atom. The van der Waals surface area contributed by atoms with Crippen LogP contribution in [0, 0.1) is 12.7 Å². The van der Waals surface area contributed by atoms with Gasteiger partial charge in [-0.05, 0) is 41.1 Å². The summed E-state index contributed by atoms with van der Waals surface area (Å²) >= 11 is 3.18. The maximum atomic E-state index is 12.9. The lowest BCUT2D eigenvalue weighted by Crippen LogP contribution is -2.23. The normalized spacial score (nSPS) is 10.5. The fourth-order valence-electron chi connectivity index (χ4n) is 1.77. The average molecular weight is 326 g/mol. The van der Waals surface area contributed by atoms with Crippen LogP contribution in [0.25, 0.3) is 0 Å². The van der Waals surface area contributed by atoms with E-state index in [2.05, 4.69) is 26.3 Å². The van der Waals surface area contributed by atoms with Gasteiger partial charge in [0.2, 0.25) is 0 Å². The maximum absolute atomic E-state index is 12.9. The molecule has 2 rings (SSSR count). The van der Waals surface area contributed by atoms with Gasteiger partial charge in [-0.1, -0.05) is 0 Å². The molecule has 0 aliphatic carbocycles. The molecule has 0 aliphatic heterocycles. The number of aromatic nitrogens is 2. The summed E-state index contributed by atoms with van der Waals surface area (Å²) in [6.45, 7) is 2.28. The number of benzene rings is 1. The van der Waals surface area contributed by atoms with Crippen molar-refractivity contribution >= 4 is 21.8 Å². The molecule has 6 heteroatoms. The van der Waals surface area contributed by atoms with E-state index in [4.69, 9.17) is 0 Å². The highest BCUT2D eigenvalue weighted by Gasteiger charge is 2.11. The van der Waals surface area contributed by atoms with Gasteiger partial charge in [-0.3, -0.25) is 9.48 Å². The molecule has 1 heterocycles. The first-order chi connectivity index (χ1) is 8.97. The highest BCUT2D eigenvalue weighted by Crippen LogP contribution is 2.18. The van der Waals surface area contributed by atoms with Crippen molar-refractivity contribution in [3.05, 3.63) is 51.5 Å². The second kappa shape index (κ2) is 5.52. The summed E-state index contributed by atoms with van der Waals surface area (Å²) in [6.07, 6.45) is 1.86. The van der Waals surface area contributed by atoms with Gasteiger partial charge in [0.25, 0.3) is 5.91 Å². The lowest BCUT2D eigenvalue weighted by Gasteiger charge is -2.06. The molecule has 4 nitrogen and oxygen atoms in total. The van der Waals surface area contributed by atoms with Gasteiger partial charge in [0.15, 0.2) is 0 Å². The van der Waals surface area contributed by atoms with Gasteiger partial charge in [0.05, 0.1) is 11.3 Å². The summed E-state index contributed by atoms with van der Waals surface area (Å²) in [7, 11) is 1.83. The summed E-state index contributed by atoms with van der Waals surface area (Å²) in [5.74, 6) is -0.637. The zero-order chi connectivity index (χ0) is 14.0. The van der Waals surface area contributed by atoms with E-state index in [0.29, 0.717) is 16.6 Å². The zero-order valence-electron chi connectivity index (χ0n) is 10.6. The van der Waals surface area contributed by atoms with E-state index in [1.54, 1.807) is 4.68 Å². The molecular formula is C13H13BrFN3O. The summed E-state index contributed by atoms with van der Waals surface area (Å²) in [5.41, 5.74) is 2.23. The lowest BCUT2D eigenvalue weighted by molar-refractivity contribution is 0.0950. The number of rotatable bonds is 3. The van der Waals surface area contributed by atoms with Gasteiger partial charge in [0, 0.05) is 29.8 Å². The number of aryl methyl sites for hydroxylation is 2. The minimum absolute atomic E-state index is 0.255. The van der Waals surface area contributed by atoms with Crippen LogP contribution < -0.4 is 5.32 Å². The van der Waals surface area contributed by atoms with Crippen molar-refractivity contribution in [1.29, 1.82) is 0 Å². The second-order valence-electron chi connectivity index (χ2n) is 4.22. The molecule has 0 aliphatic rings. The van der Waals surface area contributed by atoms with Crippen molar-refractivity contribution in [3.63, 3.8) is 0 Å². The van der Waals surface area contributed by atoms with Crippen LogP contribution in [0.1, 0.15) is 21.6 Å². The molecule has 0 atom stereocenters. The Labute approximate surface area is 118 Å². The number of halogens is 2. The van der Waals surface area contributed by atoms with Gasteiger partial charge < -0.3 is 5.32 Å². The molecule has 1 N–H and O–H groups in total. The monoisotopic (exact) mass is 325 g/mol. The first-order valence-electron chi connectivity index (χ1n) is 5.69. The highest BCUT2D eigenvalue weighted by molar-refractivity contribution is 9.10. The molecule has 1 amide bonds. The Balaban J connectivity index is 2.07. The molecule has 0 saturated heterocycles. The number of nitrogens with one attached hydrogen (secondary N) is 1. The predicted molar refractivity (Wildman–Crippen MR) is 73.2 cm³/mol. The molecule has 0 radical (unpaired) electrons. The third kappa shape index (κ3) is 3.20.